The summed E-state index contributed by atoms with van der Waals surface area (Å²) in [5.74, 6) is 0.273. The Labute approximate surface area is 181 Å². The molecule has 0 unspecified atom stereocenters. The zero-order chi connectivity index (χ0) is 21.8. The number of ether oxygens (including phenoxy) is 1. The van der Waals surface area contributed by atoms with Crippen molar-refractivity contribution in [3.05, 3.63) is 58.1 Å². The summed E-state index contributed by atoms with van der Waals surface area (Å²) in [7, 11) is -3.80. The van der Waals surface area contributed by atoms with Gasteiger partial charge in [0.15, 0.2) is 0 Å². The number of halogens is 2. The molecule has 0 fully saturated rings. The predicted molar refractivity (Wildman–Crippen MR) is 117 cm³/mol. The van der Waals surface area contributed by atoms with Gasteiger partial charge in [-0.15, -0.1) is 0 Å². The number of hydrogen-bond acceptors (Lipinski definition) is 4. The number of anilines is 1. The Morgan fingerprint density at radius 3 is 2.31 bits per heavy atom. The van der Waals surface area contributed by atoms with Crippen LogP contribution in [0.4, 0.5) is 5.69 Å². The molecular formula is C20H24Cl2N2O4S. The number of nitrogens with one attached hydrogen (secondary N) is 1. The lowest BCUT2D eigenvalue weighted by atomic mass is 10.1. The second kappa shape index (κ2) is 9.69. The fraction of sp³-hybridized carbons (Fsp3) is 0.350. The molecule has 0 aromatic heterocycles. The Bertz CT molecular complexity index is 965. The minimum absolute atomic E-state index is 0.151. The van der Waals surface area contributed by atoms with E-state index in [9.17, 15) is 13.2 Å². The van der Waals surface area contributed by atoms with Gasteiger partial charge in [0.1, 0.15) is 11.8 Å². The molecule has 2 aromatic rings. The number of carbonyl (C=O) groups excluding carboxylic acids is 1. The van der Waals surface area contributed by atoms with E-state index < -0.39 is 22.0 Å². The molecule has 0 aliphatic carbocycles. The Kier molecular flexibility index (Phi) is 7.80. The van der Waals surface area contributed by atoms with Crippen molar-refractivity contribution in [1.29, 1.82) is 0 Å². The third-order valence-corrected chi connectivity index (χ3v) is 6.07. The van der Waals surface area contributed by atoms with Crippen LogP contribution in [0.15, 0.2) is 42.5 Å². The van der Waals surface area contributed by atoms with Crippen LogP contribution in [-0.4, -0.2) is 33.2 Å². The van der Waals surface area contributed by atoms with Crippen molar-refractivity contribution in [1.82, 2.24) is 5.32 Å². The first-order valence-corrected chi connectivity index (χ1v) is 11.6. The zero-order valence-corrected chi connectivity index (χ0v) is 19.0. The first-order valence-electron chi connectivity index (χ1n) is 9.02. The SMILES string of the molecule is CCOc1ccc([C@@H](C)NC(=O)[C@@H](C)N(c2cc(Cl)ccc2Cl)S(C)(=O)=O)cc1. The van der Waals surface area contributed by atoms with Gasteiger partial charge in [0.05, 0.1) is 29.6 Å². The van der Waals surface area contributed by atoms with Gasteiger partial charge in [-0.3, -0.25) is 9.10 Å². The summed E-state index contributed by atoms with van der Waals surface area (Å²) < 4.78 is 31.2. The van der Waals surface area contributed by atoms with E-state index in [-0.39, 0.29) is 16.8 Å². The van der Waals surface area contributed by atoms with Crippen LogP contribution in [-0.2, 0) is 14.8 Å². The summed E-state index contributed by atoms with van der Waals surface area (Å²) in [6, 6.07) is 10.4. The van der Waals surface area contributed by atoms with E-state index in [1.807, 2.05) is 38.1 Å². The minimum atomic E-state index is -3.80. The first kappa shape index (κ1) is 23.3. The number of hydrogen-bond donors (Lipinski definition) is 1. The predicted octanol–water partition coefficient (Wildman–Crippen LogP) is 4.42. The average Bonchev–Trinajstić information content (AvgIpc) is 2.64. The van der Waals surface area contributed by atoms with Gasteiger partial charge in [-0.05, 0) is 56.7 Å². The number of carbonyl (C=O) groups is 1. The van der Waals surface area contributed by atoms with Crippen LogP contribution in [0.3, 0.4) is 0 Å². The molecule has 29 heavy (non-hydrogen) atoms. The van der Waals surface area contributed by atoms with E-state index in [1.54, 1.807) is 6.07 Å². The Hall–Kier alpha value is -1.96. The highest BCUT2D eigenvalue weighted by molar-refractivity contribution is 7.92. The molecule has 2 rings (SSSR count). The van der Waals surface area contributed by atoms with Gasteiger partial charge in [0, 0.05) is 5.02 Å². The van der Waals surface area contributed by atoms with Gasteiger partial charge in [0.25, 0.3) is 0 Å². The summed E-state index contributed by atoms with van der Waals surface area (Å²) >= 11 is 12.2. The molecule has 9 heteroatoms. The van der Waals surface area contributed by atoms with Crippen molar-refractivity contribution in [2.75, 3.05) is 17.2 Å². The largest absolute Gasteiger partial charge is 0.494 e. The van der Waals surface area contributed by atoms with Crippen LogP contribution in [0.2, 0.25) is 10.0 Å². The maximum atomic E-state index is 12.8. The minimum Gasteiger partial charge on any atom is -0.494 e. The van der Waals surface area contributed by atoms with Crippen LogP contribution >= 0.6 is 23.2 Å². The van der Waals surface area contributed by atoms with Gasteiger partial charge in [0.2, 0.25) is 15.9 Å². The number of sulfonamides is 1. The number of rotatable bonds is 8. The molecule has 0 saturated heterocycles. The highest BCUT2D eigenvalue weighted by Crippen LogP contribution is 2.32. The number of benzene rings is 2. The van der Waals surface area contributed by atoms with Gasteiger partial charge >= 0.3 is 0 Å². The lowest BCUT2D eigenvalue weighted by molar-refractivity contribution is -0.122. The topological polar surface area (TPSA) is 75.7 Å². The molecule has 0 aliphatic heterocycles. The normalized spacial score (nSPS) is 13.4. The van der Waals surface area contributed by atoms with E-state index >= 15 is 0 Å². The Morgan fingerprint density at radius 1 is 1.14 bits per heavy atom. The monoisotopic (exact) mass is 458 g/mol. The van der Waals surface area contributed by atoms with E-state index in [1.165, 1.54) is 19.1 Å². The van der Waals surface area contributed by atoms with Crippen molar-refractivity contribution < 1.29 is 17.9 Å². The van der Waals surface area contributed by atoms with Crippen molar-refractivity contribution in [2.45, 2.75) is 32.9 Å². The van der Waals surface area contributed by atoms with Gasteiger partial charge in [-0.25, -0.2) is 8.42 Å². The number of amides is 1. The summed E-state index contributed by atoms with van der Waals surface area (Å²) in [5, 5.41) is 3.33. The second-order valence-corrected chi connectivity index (χ2v) is 9.27. The van der Waals surface area contributed by atoms with E-state index in [0.29, 0.717) is 11.6 Å². The lowest BCUT2D eigenvalue weighted by Gasteiger charge is -2.30. The van der Waals surface area contributed by atoms with Gasteiger partial charge in [-0.2, -0.15) is 0 Å². The van der Waals surface area contributed by atoms with Crippen LogP contribution in [0.25, 0.3) is 0 Å². The van der Waals surface area contributed by atoms with Crippen molar-refractivity contribution in [3.8, 4) is 5.75 Å². The summed E-state index contributed by atoms with van der Waals surface area (Å²) in [4.78, 5) is 12.8. The van der Waals surface area contributed by atoms with Crippen molar-refractivity contribution in [2.24, 2.45) is 0 Å². The average molecular weight is 459 g/mol. The highest BCUT2D eigenvalue weighted by atomic mass is 35.5. The molecule has 0 aliphatic rings. The second-order valence-electron chi connectivity index (χ2n) is 6.56. The first-order chi connectivity index (χ1) is 13.5. The summed E-state index contributed by atoms with van der Waals surface area (Å²) in [5.41, 5.74) is 1.01. The van der Waals surface area contributed by atoms with Crippen LogP contribution in [0.5, 0.6) is 5.75 Å². The molecule has 2 atom stereocenters. The molecule has 0 saturated carbocycles. The van der Waals surface area contributed by atoms with Crippen LogP contribution < -0.4 is 14.4 Å². The highest BCUT2D eigenvalue weighted by Gasteiger charge is 2.31. The van der Waals surface area contributed by atoms with Gasteiger partial charge < -0.3 is 10.1 Å². The van der Waals surface area contributed by atoms with E-state index in [2.05, 4.69) is 5.32 Å². The van der Waals surface area contributed by atoms with Crippen molar-refractivity contribution in [3.63, 3.8) is 0 Å². The Balaban J connectivity index is 2.24. The smallest absolute Gasteiger partial charge is 0.244 e. The van der Waals surface area contributed by atoms with E-state index in [0.717, 1.165) is 21.9 Å². The maximum absolute atomic E-state index is 12.8. The molecule has 0 radical (unpaired) electrons. The molecule has 0 bridgehead atoms. The fourth-order valence-corrected chi connectivity index (χ4v) is 4.48. The summed E-state index contributed by atoms with van der Waals surface area (Å²) in [6.45, 7) is 5.78. The van der Waals surface area contributed by atoms with E-state index in [4.69, 9.17) is 27.9 Å². The summed E-state index contributed by atoms with van der Waals surface area (Å²) in [6.07, 6.45) is 1.02. The Morgan fingerprint density at radius 2 is 1.76 bits per heavy atom. The molecule has 0 heterocycles. The van der Waals surface area contributed by atoms with Crippen LogP contribution in [0, 0.1) is 0 Å². The molecule has 0 spiro atoms. The molecular weight excluding hydrogens is 435 g/mol. The fourth-order valence-electron chi connectivity index (χ4n) is 2.87. The standard InChI is InChI=1S/C20H24Cl2N2O4S/c1-5-28-17-9-6-15(7-10-17)13(2)23-20(25)14(3)24(29(4,26)27)19-12-16(21)8-11-18(19)22/h6-14H,5H2,1-4H3,(H,23,25)/t13-,14-/m1/s1. The lowest BCUT2D eigenvalue weighted by Crippen LogP contribution is -2.48. The molecule has 2 aromatic carbocycles. The van der Waals surface area contributed by atoms with Crippen LogP contribution in [0.1, 0.15) is 32.4 Å². The maximum Gasteiger partial charge on any atom is 0.244 e. The van der Waals surface area contributed by atoms with Gasteiger partial charge in [-0.1, -0.05) is 35.3 Å². The molecule has 1 N–H and O–H groups in total. The molecule has 158 valence electrons. The molecule has 1 amide bonds. The third-order valence-electron chi connectivity index (χ3n) is 4.28. The third kappa shape index (κ3) is 6.01. The number of nitrogens with zero attached hydrogens (tertiary/aromatic N) is 1. The van der Waals surface area contributed by atoms with Crippen molar-refractivity contribution >= 4 is 44.8 Å². The quantitative estimate of drug-likeness (QED) is 0.634. The molecule has 6 nitrogen and oxygen atoms in total. The zero-order valence-electron chi connectivity index (χ0n) is 16.6.